The Kier molecular flexibility index (Phi) is 5.56. The Labute approximate surface area is 187 Å². The van der Waals surface area contributed by atoms with Crippen LogP contribution in [0.2, 0.25) is 5.02 Å². The number of aryl methyl sites for hydroxylation is 1. The number of hydrogen-bond acceptors (Lipinski definition) is 5. The number of pyridine rings is 1. The Bertz CT molecular complexity index is 1060. The van der Waals surface area contributed by atoms with Crippen LogP contribution in [0.5, 0.6) is 5.75 Å². The zero-order valence-electron chi connectivity index (χ0n) is 17.5. The Morgan fingerprint density at radius 3 is 2.80 bits per heavy atom. The van der Waals surface area contributed by atoms with E-state index in [9.17, 15) is 0 Å². The minimum atomic E-state index is 0.606. The number of benzene rings is 1. The van der Waals surface area contributed by atoms with Crippen molar-refractivity contribution >= 4 is 34.9 Å². The van der Waals surface area contributed by atoms with Gasteiger partial charge >= 0.3 is 0 Å². The zero-order chi connectivity index (χ0) is 20.7. The van der Waals surface area contributed by atoms with Crippen LogP contribution in [0.1, 0.15) is 24.8 Å². The van der Waals surface area contributed by atoms with Crippen LogP contribution in [0.4, 0.5) is 5.69 Å². The molecule has 0 amide bonds. The maximum absolute atomic E-state index is 6.37. The lowest BCUT2D eigenvalue weighted by Crippen LogP contribution is -2.28. The molecule has 158 valence electrons. The molecular weight excluding hydrogens is 416 g/mol. The number of nitrogens with zero attached hydrogens (tertiary/aromatic N) is 4. The molecule has 0 unspecified atom stereocenters. The number of hydrogen-bond donors (Lipinski definition) is 0. The molecule has 0 bridgehead atoms. The van der Waals surface area contributed by atoms with E-state index < -0.39 is 0 Å². The number of rotatable bonds is 5. The third-order valence-electron chi connectivity index (χ3n) is 5.86. The highest BCUT2D eigenvalue weighted by Crippen LogP contribution is 2.37. The van der Waals surface area contributed by atoms with Gasteiger partial charge in [0.05, 0.1) is 17.8 Å². The molecule has 2 aromatic heterocycles. The predicted molar refractivity (Wildman–Crippen MR) is 126 cm³/mol. The van der Waals surface area contributed by atoms with Crippen LogP contribution in [0.3, 0.4) is 0 Å². The molecule has 0 radical (unpaired) electrons. The van der Waals surface area contributed by atoms with Crippen LogP contribution >= 0.6 is 23.5 Å². The minimum Gasteiger partial charge on any atom is -0.495 e. The van der Waals surface area contributed by atoms with Crippen molar-refractivity contribution in [1.29, 1.82) is 0 Å². The third kappa shape index (κ3) is 4.13. The van der Waals surface area contributed by atoms with Crippen molar-refractivity contribution < 1.29 is 4.74 Å². The van der Waals surface area contributed by atoms with Gasteiger partial charge in [-0.2, -0.15) is 0 Å². The van der Waals surface area contributed by atoms with Gasteiger partial charge in [0.1, 0.15) is 11.4 Å². The number of fused-ring (bicyclic) bond motifs is 1. The summed E-state index contributed by atoms with van der Waals surface area (Å²) in [5.41, 5.74) is 5.27. The van der Waals surface area contributed by atoms with Crippen molar-refractivity contribution in [3.05, 3.63) is 47.2 Å². The quantitative estimate of drug-likeness (QED) is 0.501. The van der Waals surface area contributed by atoms with Crippen LogP contribution in [-0.2, 0) is 0 Å². The second kappa shape index (κ2) is 8.33. The van der Waals surface area contributed by atoms with Crippen molar-refractivity contribution in [2.45, 2.75) is 31.4 Å². The minimum absolute atomic E-state index is 0.606. The molecule has 2 aliphatic rings. The summed E-state index contributed by atoms with van der Waals surface area (Å²) in [5, 5.41) is 1.49. The van der Waals surface area contributed by atoms with Gasteiger partial charge in [-0.3, -0.25) is 0 Å². The molecule has 1 aliphatic carbocycles. The highest BCUT2D eigenvalue weighted by atomic mass is 35.5. The van der Waals surface area contributed by atoms with Gasteiger partial charge in [0.15, 0.2) is 0 Å². The van der Waals surface area contributed by atoms with Gasteiger partial charge in [0.2, 0.25) is 0 Å². The lowest BCUT2D eigenvalue weighted by atomic mass is 10.1. The number of halogens is 1. The van der Waals surface area contributed by atoms with Crippen LogP contribution in [0.15, 0.2) is 36.7 Å². The molecule has 1 aromatic carbocycles. The second-order valence-electron chi connectivity index (χ2n) is 8.15. The standard InChI is InChI=1S/C23H27ClN4OS/c1-16-12-22(29-2)20(24)14-19(16)21-15-27-9-6-17(13-23(27)25-21)26-7-3-8-28(11-10-26)30-18-4-5-18/h6,9,12-15,18H,3-5,7-8,10-11H2,1-2H3. The number of imidazole rings is 1. The Morgan fingerprint density at radius 1 is 1.13 bits per heavy atom. The number of aromatic nitrogens is 2. The third-order valence-corrected chi connectivity index (χ3v) is 7.59. The molecule has 0 atom stereocenters. The Morgan fingerprint density at radius 2 is 2.00 bits per heavy atom. The fourth-order valence-electron chi connectivity index (χ4n) is 4.03. The van der Waals surface area contributed by atoms with Gasteiger partial charge in [0, 0.05) is 61.1 Å². The molecule has 1 aliphatic heterocycles. The summed E-state index contributed by atoms with van der Waals surface area (Å²) < 4.78 is 9.99. The smallest absolute Gasteiger partial charge is 0.139 e. The highest BCUT2D eigenvalue weighted by molar-refractivity contribution is 7.97. The second-order valence-corrected chi connectivity index (χ2v) is 9.95. The first kappa shape index (κ1) is 20.0. The Hall–Kier alpha value is -1.89. The molecule has 5 nitrogen and oxygen atoms in total. The largest absolute Gasteiger partial charge is 0.495 e. The van der Waals surface area contributed by atoms with E-state index in [0.717, 1.165) is 47.4 Å². The van der Waals surface area contributed by atoms with E-state index in [1.54, 1.807) is 7.11 Å². The molecule has 2 fully saturated rings. The van der Waals surface area contributed by atoms with Gasteiger partial charge in [-0.05, 0) is 49.9 Å². The van der Waals surface area contributed by atoms with Gasteiger partial charge in [0.25, 0.3) is 0 Å². The Balaban J connectivity index is 1.38. The molecule has 1 saturated heterocycles. The summed E-state index contributed by atoms with van der Waals surface area (Å²) in [4.78, 5) is 7.40. The van der Waals surface area contributed by atoms with E-state index in [-0.39, 0.29) is 0 Å². The summed E-state index contributed by atoms with van der Waals surface area (Å²) >= 11 is 8.44. The molecule has 30 heavy (non-hydrogen) atoms. The van der Waals surface area contributed by atoms with Crippen LogP contribution in [0, 0.1) is 6.92 Å². The van der Waals surface area contributed by atoms with Crippen LogP contribution in [0.25, 0.3) is 16.9 Å². The van der Waals surface area contributed by atoms with Crippen molar-refractivity contribution in [1.82, 2.24) is 13.7 Å². The molecule has 0 spiro atoms. The van der Waals surface area contributed by atoms with E-state index in [4.69, 9.17) is 21.3 Å². The lowest BCUT2D eigenvalue weighted by molar-refractivity contribution is 0.415. The van der Waals surface area contributed by atoms with E-state index in [1.165, 1.54) is 31.5 Å². The summed E-state index contributed by atoms with van der Waals surface area (Å²) in [6, 6.07) is 8.32. The van der Waals surface area contributed by atoms with Crippen molar-refractivity contribution in [3.63, 3.8) is 0 Å². The summed E-state index contributed by atoms with van der Waals surface area (Å²) in [5.74, 6) is 0.694. The number of ether oxygens (including phenoxy) is 1. The van der Waals surface area contributed by atoms with Crippen LogP contribution < -0.4 is 9.64 Å². The summed E-state index contributed by atoms with van der Waals surface area (Å²) in [6.45, 7) is 6.53. The van der Waals surface area contributed by atoms with E-state index in [2.05, 4.69) is 57.0 Å². The van der Waals surface area contributed by atoms with E-state index in [1.807, 2.05) is 12.1 Å². The fourth-order valence-corrected chi connectivity index (χ4v) is 5.46. The summed E-state index contributed by atoms with van der Waals surface area (Å²) in [6.07, 6.45) is 8.17. The number of methoxy groups -OCH3 is 1. The van der Waals surface area contributed by atoms with E-state index in [0.29, 0.717) is 10.8 Å². The molecule has 1 saturated carbocycles. The molecule has 3 aromatic rings. The first-order chi connectivity index (χ1) is 14.6. The number of anilines is 1. The molecule has 7 heteroatoms. The van der Waals surface area contributed by atoms with Gasteiger partial charge in [-0.25, -0.2) is 9.29 Å². The monoisotopic (exact) mass is 442 g/mol. The highest BCUT2D eigenvalue weighted by Gasteiger charge is 2.26. The van der Waals surface area contributed by atoms with Crippen molar-refractivity contribution in [3.8, 4) is 17.0 Å². The van der Waals surface area contributed by atoms with Gasteiger partial charge in [-0.15, -0.1) is 0 Å². The fraction of sp³-hybridized carbons (Fsp3) is 0.435. The summed E-state index contributed by atoms with van der Waals surface area (Å²) in [7, 11) is 1.64. The predicted octanol–water partition coefficient (Wildman–Crippen LogP) is 5.29. The topological polar surface area (TPSA) is 33.0 Å². The normalized spacial score (nSPS) is 18.0. The van der Waals surface area contributed by atoms with Crippen molar-refractivity contribution in [2.24, 2.45) is 0 Å². The average molecular weight is 443 g/mol. The molecule has 5 rings (SSSR count). The van der Waals surface area contributed by atoms with Gasteiger partial charge < -0.3 is 14.0 Å². The maximum atomic E-state index is 6.37. The molecule has 0 N–H and O–H groups in total. The van der Waals surface area contributed by atoms with E-state index >= 15 is 0 Å². The molecular formula is C23H27ClN4OS. The first-order valence-electron chi connectivity index (χ1n) is 10.6. The zero-order valence-corrected chi connectivity index (χ0v) is 19.0. The average Bonchev–Trinajstić information content (AvgIpc) is 3.51. The first-order valence-corrected chi connectivity index (χ1v) is 11.8. The van der Waals surface area contributed by atoms with Crippen molar-refractivity contribution in [2.75, 3.05) is 38.2 Å². The van der Waals surface area contributed by atoms with Crippen LogP contribution in [-0.4, -0.2) is 52.2 Å². The maximum Gasteiger partial charge on any atom is 0.139 e. The lowest BCUT2D eigenvalue weighted by Gasteiger charge is -2.23. The SMILES string of the molecule is COc1cc(C)c(-c2cn3ccc(N4CCCN(SC5CC5)CC4)cc3n2)cc1Cl. The van der Waals surface area contributed by atoms with Gasteiger partial charge in [-0.1, -0.05) is 23.5 Å². The molecule has 3 heterocycles.